The number of carboxylic acids is 1. The van der Waals surface area contributed by atoms with Crippen LogP contribution >= 0.6 is 0 Å². The van der Waals surface area contributed by atoms with Crippen LogP contribution in [0.3, 0.4) is 0 Å². The summed E-state index contributed by atoms with van der Waals surface area (Å²) in [4.78, 5) is 36.5. The lowest BCUT2D eigenvalue weighted by Gasteiger charge is -2.18. The molecule has 0 saturated carbocycles. The smallest absolute Gasteiger partial charge is 0.326 e. The van der Waals surface area contributed by atoms with Crippen LogP contribution in [0, 0.1) is 0 Å². The van der Waals surface area contributed by atoms with E-state index in [-0.39, 0.29) is 18.0 Å². The van der Waals surface area contributed by atoms with Gasteiger partial charge < -0.3 is 20.9 Å². The van der Waals surface area contributed by atoms with Gasteiger partial charge in [-0.2, -0.15) is 0 Å². The summed E-state index contributed by atoms with van der Waals surface area (Å²) in [7, 11) is 0. The van der Waals surface area contributed by atoms with Gasteiger partial charge in [0.1, 0.15) is 12.1 Å². The van der Waals surface area contributed by atoms with Crippen LogP contribution in [-0.4, -0.2) is 41.6 Å². The molecule has 0 aliphatic heterocycles. The highest BCUT2D eigenvalue weighted by molar-refractivity contribution is 5.83. The molecule has 57 heavy (non-hydrogen) atoms. The molecule has 0 aliphatic carbocycles. The Kier molecular flexibility index (Phi) is 43.7. The molecule has 0 saturated heterocycles. The highest BCUT2D eigenvalue weighted by atomic mass is 16.5. The second-order valence-electron chi connectivity index (χ2n) is 17.2. The van der Waals surface area contributed by atoms with Crippen LogP contribution in [0.1, 0.15) is 271 Å². The van der Waals surface area contributed by atoms with Gasteiger partial charge >= 0.3 is 11.9 Å². The molecule has 0 aromatic carbocycles. The van der Waals surface area contributed by atoms with Crippen LogP contribution in [0.25, 0.3) is 0 Å². The fraction of sp³-hybridized carbons (Fsp3) is 0.900. The van der Waals surface area contributed by atoms with E-state index < -0.39 is 12.0 Å². The fourth-order valence-corrected chi connectivity index (χ4v) is 7.80. The summed E-state index contributed by atoms with van der Waals surface area (Å²) in [5, 5.41) is 12.0. The zero-order chi connectivity index (χ0) is 41.7. The Hall–Kier alpha value is -1.89. The second kappa shape index (κ2) is 45.2. The Bertz CT molecular complexity index is 909. The number of carboxylic acid groups (broad SMARTS) is 1. The molecule has 0 spiro atoms. The van der Waals surface area contributed by atoms with E-state index in [1.54, 1.807) is 0 Å². The van der Waals surface area contributed by atoms with Crippen LogP contribution in [-0.2, 0) is 19.1 Å². The summed E-state index contributed by atoms with van der Waals surface area (Å²) in [5.41, 5.74) is 5.50. The van der Waals surface area contributed by atoms with E-state index in [0.29, 0.717) is 32.2 Å². The molecule has 0 bridgehead atoms. The normalized spacial score (nSPS) is 12.6. The van der Waals surface area contributed by atoms with Gasteiger partial charge in [-0.1, -0.05) is 193 Å². The summed E-state index contributed by atoms with van der Waals surface area (Å²) in [6.45, 7) is 4.97. The first-order chi connectivity index (χ1) is 27.9. The molecule has 0 aromatic rings. The van der Waals surface area contributed by atoms with Crippen molar-refractivity contribution >= 4 is 17.8 Å². The number of unbranched alkanes of at least 4 members (excludes halogenated alkanes) is 30. The molecule has 0 aromatic heterocycles. The maximum absolute atomic E-state index is 12.9. The van der Waals surface area contributed by atoms with Crippen molar-refractivity contribution in [2.45, 2.75) is 283 Å². The van der Waals surface area contributed by atoms with Crippen molar-refractivity contribution in [3.05, 3.63) is 12.2 Å². The Morgan fingerprint density at radius 3 is 1.26 bits per heavy atom. The quantitative estimate of drug-likeness (QED) is 0.0320. The molecule has 4 N–H and O–H groups in total. The van der Waals surface area contributed by atoms with Gasteiger partial charge in [0.25, 0.3) is 0 Å². The lowest BCUT2D eigenvalue weighted by atomic mass is 10.0. The third-order valence-electron chi connectivity index (χ3n) is 11.6. The number of amides is 1. The van der Waals surface area contributed by atoms with E-state index in [4.69, 9.17) is 10.5 Å². The summed E-state index contributed by atoms with van der Waals surface area (Å²) in [6.07, 6.45) is 51.2. The van der Waals surface area contributed by atoms with Crippen LogP contribution in [0.2, 0.25) is 0 Å². The molecule has 1 amide bonds. The van der Waals surface area contributed by atoms with Gasteiger partial charge in [-0.25, -0.2) is 4.79 Å². The molecule has 0 fully saturated rings. The Morgan fingerprint density at radius 2 is 0.860 bits per heavy atom. The van der Waals surface area contributed by atoms with Gasteiger partial charge in [-0.15, -0.1) is 0 Å². The molecular weight excluding hydrogens is 709 g/mol. The Balaban J connectivity index is 4.27. The van der Waals surface area contributed by atoms with Crippen LogP contribution in [0.5, 0.6) is 0 Å². The highest BCUT2D eigenvalue weighted by Crippen LogP contribution is 2.19. The van der Waals surface area contributed by atoms with E-state index in [0.717, 1.165) is 64.2 Å². The minimum atomic E-state index is -1.00. The average Bonchev–Trinajstić information content (AvgIpc) is 3.20. The third kappa shape index (κ3) is 42.1. The minimum absolute atomic E-state index is 0.0157. The molecular formula is C50H96N2O5. The molecule has 336 valence electrons. The molecule has 7 nitrogen and oxygen atoms in total. The van der Waals surface area contributed by atoms with Gasteiger partial charge in [0.05, 0.1) is 0 Å². The number of nitrogens with two attached hydrogens (primary N) is 1. The van der Waals surface area contributed by atoms with E-state index in [1.807, 2.05) is 0 Å². The highest BCUT2D eigenvalue weighted by Gasteiger charge is 2.19. The predicted octanol–water partition coefficient (Wildman–Crippen LogP) is 14.6. The first-order valence-corrected chi connectivity index (χ1v) is 25.0. The molecule has 2 unspecified atom stereocenters. The largest absolute Gasteiger partial charge is 0.480 e. The van der Waals surface area contributed by atoms with E-state index in [1.165, 1.54) is 167 Å². The lowest BCUT2D eigenvalue weighted by Crippen LogP contribution is -2.40. The minimum Gasteiger partial charge on any atom is -0.480 e. The number of hydrogen-bond donors (Lipinski definition) is 3. The Morgan fingerprint density at radius 1 is 0.491 bits per heavy atom. The van der Waals surface area contributed by atoms with Crippen molar-refractivity contribution in [1.29, 1.82) is 0 Å². The van der Waals surface area contributed by atoms with Gasteiger partial charge in [0.15, 0.2) is 0 Å². The topological polar surface area (TPSA) is 119 Å². The molecule has 0 rings (SSSR count). The standard InChI is InChI=1S/C50H96N2O5/c1-3-5-7-9-11-13-15-17-19-20-21-23-25-27-29-34-38-44-49(54)57-46(40-35-31-28-26-24-22-18-16-14-12-10-8-6-4-2)41-36-32-30-33-37-43-48(53)52-47(50(55)56)42-39-45-51/h17,19,46-47H,3-16,18,20-45,51H2,1-2H3,(H,52,53)(H,55,56)/b19-17-. The number of carbonyl (C=O) groups excluding carboxylic acids is 2. The maximum Gasteiger partial charge on any atom is 0.326 e. The third-order valence-corrected chi connectivity index (χ3v) is 11.6. The number of nitrogens with one attached hydrogen (secondary N) is 1. The molecule has 0 aliphatic rings. The SMILES string of the molecule is CCCCCCCC/C=C\CCCCCCCCCC(=O)OC(CCCCCCCCCCCCCCCC)CCCCCCCC(=O)NC(CCCN)C(=O)O. The van der Waals surface area contributed by atoms with Gasteiger partial charge in [0.2, 0.25) is 5.91 Å². The number of rotatable bonds is 46. The fourth-order valence-electron chi connectivity index (χ4n) is 7.80. The number of allylic oxidation sites excluding steroid dienone is 2. The van der Waals surface area contributed by atoms with Crippen molar-refractivity contribution in [1.82, 2.24) is 5.32 Å². The van der Waals surface area contributed by atoms with Crippen molar-refractivity contribution in [3.8, 4) is 0 Å². The average molecular weight is 805 g/mol. The summed E-state index contributed by atoms with van der Waals surface area (Å²) >= 11 is 0. The number of hydrogen-bond acceptors (Lipinski definition) is 5. The van der Waals surface area contributed by atoms with Crippen molar-refractivity contribution in [3.63, 3.8) is 0 Å². The molecule has 2 atom stereocenters. The van der Waals surface area contributed by atoms with Crippen molar-refractivity contribution in [2.75, 3.05) is 6.54 Å². The summed E-state index contributed by atoms with van der Waals surface area (Å²) < 4.78 is 6.08. The summed E-state index contributed by atoms with van der Waals surface area (Å²) in [5.74, 6) is -1.22. The zero-order valence-corrected chi connectivity index (χ0v) is 38.0. The van der Waals surface area contributed by atoms with E-state index in [9.17, 15) is 19.5 Å². The monoisotopic (exact) mass is 805 g/mol. The number of aliphatic carboxylic acids is 1. The first kappa shape index (κ1) is 55.1. The van der Waals surface area contributed by atoms with E-state index >= 15 is 0 Å². The maximum atomic E-state index is 12.9. The van der Waals surface area contributed by atoms with Crippen molar-refractivity contribution < 1.29 is 24.2 Å². The molecule has 0 radical (unpaired) electrons. The zero-order valence-electron chi connectivity index (χ0n) is 38.0. The van der Waals surface area contributed by atoms with Gasteiger partial charge in [-0.05, 0) is 83.6 Å². The lowest BCUT2D eigenvalue weighted by molar-refractivity contribution is -0.150. The Labute approximate surface area is 353 Å². The van der Waals surface area contributed by atoms with Gasteiger partial charge in [-0.3, -0.25) is 9.59 Å². The molecule has 7 heteroatoms. The number of esters is 1. The number of ether oxygens (including phenoxy) is 1. The van der Waals surface area contributed by atoms with Crippen LogP contribution in [0.15, 0.2) is 12.2 Å². The van der Waals surface area contributed by atoms with Crippen LogP contribution < -0.4 is 11.1 Å². The summed E-state index contributed by atoms with van der Waals surface area (Å²) in [6, 6.07) is -0.854. The van der Waals surface area contributed by atoms with Gasteiger partial charge in [0, 0.05) is 12.8 Å². The second-order valence-corrected chi connectivity index (χ2v) is 17.2. The van der Waals surface area contributed by atoms with Crippen LogP contribution in [0.4, 0.5) is 0 Å². The van der Waals surface area contributed by atoms with Crippen molar-refractivity contribution in [2.24, 2.45) is 5.73 Å². The van der Waals surface area contributed by atoms with E-state index in [2.05, 4.69) is 31.3 Å². The first-order valence-electron chi connectivity index (χ1n) is 25.0. The predicted molar refractivity (Wildman–Crippen MR) is 244 cm³/mol. The molecule has 0 heterocycles. The number of carbonyl (C=O) groups is 3.